The Morgan fingerprint density at radius 3 is 2.36 bits per heavy atom. The fourth-order valence-corrected chi connectivity index (χ4v) is 4.46. The van der Waals surface area contributed by atoms with Crippen LogP contribution in [0, 0.1) is 17.8 Å². The highest BCUT2D eigenvalue weighted by atomic mass is 19.4. The number of rotatable bonds is 1. The molecule has 3 aliphatic heterocycles. The third-order valence-electron chi connectivity index (χ3n) is 5.61. The minimum atomic E-state index is -4.57. The number of imide groups is 1. The van der Waals surface area contributed by atoms with Crippen molar-refractivity contribution in [3.05, 3.63) is 29.8 Å². The van der Waals surface area contributed by atoms with Crippen molar-refractivity contribution in [1.29, 1.82) is 0 Å². The maximum atomic E-state index is 12.9. The van der Waals surface area contributed by atoms with Crippen molar-refractivity contribution in [3.8, 4) is 0 Å². The van der Waals surface area contributed by atoms with Crippen LogP contribution >= 0.6 is 0 Å². The van der Waals surface area contributed by atoms with E-state index in [4.69, 9.17) is 0 Å². The molecule has 1 saturated carbocycles. The quantitative estimate of drug-likeness (QED) is 0.727. The largest absolute Gasteiger partial charge is 0.416 e. The van der Waals surface area contributed by atoms with Gasteiger partial charge in [0.15, 0.2) is 0 Å². The molecule has 2 bridgehead atoms. The van der Waals surface area contributed by atoms with Crippen LogP contribution in [0.3, 0.4) is 0 Å². The number of amides is 3. The summed E-state index contributed by atoms with van der Waals surface area (Å²) in [6.07, 6.45) is -3.40. The number of anilines is 1. The van der Waals surface area contributed by atoms with Gasteiger partial charge >= 0.3 is 6.18 Å². The molecule has 4 aliphatic rings. The first-order chi connectivity index (χ1) is 11.7. The molecule has 3 unspecified atom stereocenters. The number of piperidine rings is 2. The molecule has 5 nitrogen and oxygen atoms in total. The summed E-state index contributed by atoms with van der Waals surface area (Å²) in [4.78, 5) is 40.3. The fourth-order valence-electron chi connectivity index (χ4n) is 4.46. The summed E-state index contributed by atoms with van der Waals surface area (Å²) in [7, 11) is 1.61. The number of carbonyl (C=O) groups is 3. The van der Waals surface area contributed by atoms with Crippen LogP contribution in [0.1, 0.15) is 18.4 Å². The van der Waals surface area contributed by atoms with E-state index in [1.165, 1.54) is 17.0 Å². The molecule has 0 aromatic heterocycles. The summed E-state index contributed by atoms with van der Waals surface area (Å²) in [6.45, 7) is 0. The highest BCUT2D eigenvalue weighted by Crippen LogP contribution is 2.49. The molecule has 4 fully saturated rings. The van der Waals surface area contributed by atoms with E-state index >= 15 is 0 Å². The molecule has 5 rings (SSSR count). The lowest BCUT2D eigenvalue weighted by molar-refractivity contribution is -0.158. The van der Waals surface area contributed by atoms with Gasteiger partial charge < -0.3 is 4.90 Å². The number of hydrogen-bond acceptors (Lipinski definition) is 3. The van der Waals surface area contributed by atoms with Crippen LogP contribution in [0.4, 0.5) is 18.9 Å². The van der Waals surface area contributed by atoms with Gasteiger partial charge in [0.25, 0.3) is 0 Å². The standard InChI is InChI=1S/C17H15F3N2O3/c1-21-11-6-5-10(14(21)23)12-13(11)16(25)22(15(12)24)9-4-2-3-8(7-9)17(18,19)20/h2-4,7,10-13H,5-6H2,1H3/t10?,11?,12-,13?/m0/s1. The van der Waals surface area contributed by atoms with Crippen molar-refractivity contribution in [2.24, 2.45) is 17.8 Å². The van der Waals surface area contributed by atoms with Crippen LogP contribution in [0.25, 0.3) is 0 Å². The lowest BCUT2D eigenvalue weighted by Gasteiger charge is -2.47. The van der Waals surface area contributed by atoms with Crippen molar-refractivity contribution in [2.75, 3.05) is 11.9 Å². The number of nitrogens with zero attached hydrogens (tertiary/aromatic N) is 2. The van der Waals surface area contributed by atoms with Crippen molar-refractivity contribution < 1.29 is 27.6 Å². The lowest BCUT2D eigenvalue weighted by Crippen LogP contribution is -2.60. The van der Waals surface area contributed by atoms with Crippen LogP contribution in [0.5, 0.6) is 0 Å². The molecule has 0 spiro atoms. The second kappa shape index (κ2) is 5.06. The molecule has 3 amide bonds. The normalized spacial score (nSPS) is 31.8. The Labute approximate surface area is 141 Å². The molecule has 3 saturated heterocycles. The SMILES string of the molecule is CN1C(=O)C2CCC1C1C(=O)N(c3cccc(C(F)(F)F)c3)C(=O)[C@@H]21. The fraction of sp³-hybridized carbons (Fsp3) is 0.471. The molecule has 1 aliphatic carbocycles. The Bertz CT molecular complexity index is 792. The van der Waals surface area contributed by atoms with Gasteiger partial charge in [-0.15, -0.1) is 0 Å². The monoisotopic (exact) mass is 352 g/mol. The third-order valence-corrected chi connectivity index (χ3v) is 5.61. The molecule has 3 heterocycles. The van der Waals surface area contributed by atoms with Gasteiger partial charge in [0.05, 0.1) is 29.0 Å². The van der Waals surface area contributed by atoms with Gasteiger partial charge in [0.2, 0.25) is 17.7 Å². The van der Waals surface area contributed by atoms with Crippen LogP contribution < -0.4 is 4.90 Å². The first-order valence-corrected chi connectivity index (χ1v) is 8.03. The van der Waals surface area contributed by atoms with Crippen LogP contribution in [0.2, 0.25) is 0 Å². The van der Waals surface area contributed by atoms with E-state index in [1.807, 2.05) is 0 Å². The zero-order valence-corrected chi connectivity index (χ0v) is 13.3. The second-order valence-corrected chi connectivity index (χ2v) is 6.81. The maximum absolute atomic E-state index is 12.9. The Morgan fingerprint density at radius 1 is 1.00 bits per heavy atom. The van der Waals surface area contributed by atoms with E-state index in [0.29, 0.717) is 12.8 Å². The smallest absolute Gasteiger partial charge is 0.342 e. The van der Waals surface area contributed by atoms with E-state index in [-0.39, 0.29) is 17.6 Å². The molecule has 132 valence electrons. The van der Waals surface area contributed by atoms with Gasteiger partial charge in [0, 0.05) is 13.1 Å². The van der Waals surface area contributed by atoms with Gasteiger partial charge in [0.1, 0.15) is 0 Å². The topological polar surface area (TPSA) is 57.7 Å². The second-order valence-electron chi connectivity index (χ2n) is 6.81. The highest BCUT2D eigenvalue weighted by Gasteiger charge is 2.63. The van der Waals surface area contributed by atoms with E-state index in [0.717, 1.165) is 17.0 Å². The third kappa shape index (κ3) is 2.12. The number of carbonyl (C=O) groups excluding carboxylic acids is 3. The predicted molar refractivity (Wildman–Crippen MR) is 80.2 cm³/mol. The van der Waals surface area contributed by atoms with Crippen molar-refractivity contribution in [1.82, 2.24) is 4.90 Å². The highest BCUT2D eigenvalue weighted by molar-refractivity contribution is 6.23. The van der Waals surface area contributed by atoms with Gasteiger partial charge in [-0.3, -0.25) is 14.4 Å². The Morgan fingerprint density at radius 2 is 1.68 bits per heavy atom. The van der Waals surface area contributed by atoms with E-state index < -0.39 is 41.3 Å². The average molecular weight is 352 g/mol. The Hall–Kier alpha value is -2.38. The molecule has 4 atom stereocenters. The minimum absolute atomic E-state index is 0.0891. The first-order valence-electron chi connectivity index (χ1n) is 8.03. The Kier molecular flexibility index (Phi) is 3.26. The van der Waals surface area contributed by atoms with Gasteiger partial charge in [-0.25, -0.2) is 4.90 Å². The minimum Gasteiger partial charge on any atom is -0.342 e. The Balaban J connectivity index is 1.75. The number of fused-ring (bicyclic) bond motifs is 2. The van der Waals surface area contributed by atoms with Gasteiger partial charge in [-0.2, -0.15) is 13.2 Å². The molecule has 25 heavy (non-hydrogen) atoms. The number of benzene rings is 1. The lowest BCUT2D eigenvalue weighted by atomic mass is 9.66. The van der Waals surface area contributed by atoms with Crippen LogP contribution in [0.15, 0.2) is 24.3 Å². The van der Waals surface area contributed by atoms with Crippen LogP contribution in [-0.2, 0) is 20.6 Å². The number of alkyl halides is 3. The number of hydrogen-bond donors (Lipinski definition) is 0. The first kappa shape index (κ1) is 16.1. The molecule has 8 heteroatoms. The van der Waals surface area contributed by atoms with E-state index in [1.54, 1.807) is 7.05 Å². The summed E-state index contributed by atoms with van der Waals surface area (Å²) >= 11 is 0. The zero-order valence-electron chi connectivity index (χ0n) is 13.3. The molecule has 0 radical (unpaired) electrons. The zero-order chi connectivity index (χ0) is 18.1. The maximum Gasteiger partial charge on any atom is 0.416 e. The van der Waals surface area contributed by atoms with Gasteiger partial charge in [-0.1, -0.05) is 6.07 Å². The predicted octanol–water partition coefficient (Wildman–Crippen LogP) is 2.06. The van der Waals surface area contributed by atoms with Crippen molar-refractivity contribution >= 4 is 23.4 Å². The number of halogens is 3. The van der Waals surface area contributed by atoms with E-state index in [2.05, 4.69) is 0 Å². The van der Waals surface area contributed by atoms with Crippen molar-refractivity contribution in [2.45, 2.75) is 25.1 Å². The molecule has 1 aromatic carbocycles. The summed E-state index contributed by atoms with van der Waals surface area (Å²) in [5, 5.41) is 0. The van der Waals surface area contributed by atoms with E-state index in [9.17, 15) is 27.6 Å². The molecule has 0 N–H and O–H groups in total. The van der Waals surface area contributed by atoms with Crippen molar-refractivity contribution in [3.63, 3.8) is 0 Å². The molecular weight excluding hydrogens is 337 g/mol. The van der Waals surface area contributed by atoms with Crippen LogP contribution in [-0.4, -0.2) is 35.7 Å². The summed E-state index contributed by atoms with van der Waals surface area (Å²) in [5.74, 6) is -3.22. The van der Waals surface area contributed by atoms with Gasteiger partial charge in [-0.05, 0) is 31.0 Å². The summed E-state index contributed by atoms with van der Waals surface area (Å²) in [6, 6.07) is 3.82. The average Bonchev–Trinajstić information content (AvgIpc) is 2.83. The molecular formula is C17H15F3N2O3. The summed E-state index contributed by atoms with van der Waals surface area (Å²) < 4.78 is 38.8. The molecule has 1 aromatic rings. The summed E-state index contributed by atoms with van der Waals surface area (Å²) in [5.41, 5.74) is -1.01.